The van der Waals surface area contributed by atoms with E-state index in [-0.39, 0.29) is 13.2 Å². The second-order valence-electron chi connectivity index (χ2n) is 3.93. The minimum atomic E-state index is -3.44. The van der Waals surface area contributed by atoms with Crippen LogP contribution in [0, 0.1) is 0 Å². The zero-order valence-electron chi connectivity index (χ0n) is 9.39. The maximum absolute atomic E-state index is 11.9. The number of hydrogen-bond acceptors (Lipinski definition) is 3. The van der Waals surface area contributed by atoms with Gasteiger partial charge in [0, 0.05) is 6.54 Å². The Morgan fingerprint density at radius 2 is 2.00 bits per heavy atom. The zero-order valence-corrected chi connectivity index (χ0v) is 10.2. The van der Waals surface area contributed by atoms with Gasteiger partial charge in [-0.1, -0.05) is 24.3 Å². The molecule has 0 atom stereocenters. The molecule has 0 radical (unpaired) electrons. The number of fused-ring (bicyclic) bond motifs is 1. The Labute approximate surface area is 101 Å². The monoisotopic (exact) mass is 253 g/mol. The Kier molecular flexibility index (Phi) is 3.61. The molecule has 4 nitrogen and oxygen atoms in total. The van der Waals surface area contributed by atoms with Gasteiger partial charge in [0.15, 0.2) is 0 Å². The zero-order chi connectivity index (χ0) is 12.3. The summed E-state index contributed by atoms with van der Waals surface area (Å²) in [7, 11) is -3.44. The van der Waals surface area contributed by atoms with Gasteiger partial charge in [0.25, 0.3) is 0 Å². The van der Waals surface area contributed by atoms with Crippen molar-refractivity contribution in [1.29, 1.82) is 0 Å². The van der Waals surface area contributed by atoms with Crippen LogP contribution in [-0.2, 0) is 16.4 Å². The van der Waals surface area contributed by atoms with Crippen molar-refractivity contribution in [2.75, 3.05) is 13.2 Å². The summed E-state index contributed by atoms with van der Waals surface area (Å²) >= 11 is 0. The third kappa shape index (κ3) is 2.74. The first-order chi connectivity index (χ1) is 8.13. The van der Waals surface area contributed by atoms with Crippen molar-refractivity contribution in [3.05, 3.63) is 40.3 Å². The van der Waals surface area contributed by atoms with Crippen molar-refractivity contribution in [2.45, 2.75) is 12.8 Å². The first-order valence-corrected chi connectivity index (χ1v) is 7.01. The van der Waals surface area contributed by atoms with Crippen LogP contribution in [0.1, 0.15) is 17.5 Å². The van der Waals surface area contributed by atoms with E-state index in [0.717, 1.165) is 12.0 Å². The second kappa shape index (κ2) is 5.00. The van der Waals surface area contributed by atoms with E-state index in [1.165, 1.54) is 5.56 Å². The Morgan fingerprint density at radius 1 is 1.24 bits per heavy atom. The number of benzene rings is 1. The fraction of sp³-hybridized carbons (Fsp3) is 0.333. The van der Waals surface area contributed by atoms with Crippen LogP contribution in [0.15, 0.2) is 29.2 Å². The molecular formula is C12H15NO3S. The Morgan fingerprint density at radius 3 is 2.76 bits per heavy atom. The molecule has 17 heavy (non-hydrogen) atoms. The van der Waals surface area contributed by atoms with Gasteiger partial charge in [-0.05, 0) is 30.0 Å². The normalized spacial score (nSPS) is 15.2. The quantitative estimate of drug-likeness (QED) is 0.837. The van der Waals surface area contributed by atoms with Crippen LogP contribution in [0.4, 0.5) is 0 Å². The molecule has 0 saturated heterocycles. The minimum Gasteiger partial charge on any atom is -0.395 e. The highest BCUT2D eigenvalue weighted by molar-refractivity contribution is 7.93. The number of aryl methyl sites for hydroxylation is 1. The van der Waals surface area contributed by atoms with Crippen LogP contribution >= 0.6 is 0 Å². The standard InChI is InChI=1S/C12H15NO3S/c14-8-7-13-17(15,16)12-6-5-10-3-1-2-4-11(10)9-12/h1-4,9,13-14H,5-8H2. The molecule has 1 aromatic rings. The second-order valence-corrected chi connectivity index (χ2v) is 5.75. The summed E-state index contributed by atoms with van der Waals surface area (Å²) in [6.07, 6.45) is 2.96. The summed E-state index contributed by atoms with van der Waals surface area (Å²) in [4.78, 5) is 0.393. The molecule has 92 valence electrons. The lowest BCUT2D eigenvalue weighted by Gasteiger charge is -2.16. The number of aliphatic hydroxyl groups excluding tert-OH is 1. The van der Waals surface area contributed by atoms with E-state index in [1.54, 1.807) is 6.08 Å². The van der Waals surface area contributed by atoms with Crippen LogP contribution < -0.4 is 4.72 Å². The van der Waals surface area contributed by atoms with Crippen LogP contribution in [0.3, 0.4) is 0 Å². The molecule has 0 bridgehead atoms. The fourth-order valence-electron chi connectivity index (χ4n) is 1.89. The van der Waals surface area contributed by atoms with Gasteiger partial charge < -0.3 is 5.11 Å². The molecule has 0 aromatic heterocycles. The predicted molar refractivity (Wildman–Crippen MR) is 66.7 cm³/mol. The van der Waals surface area contributed by atoms with Gasteiger partial charge in [0.05, 0.1) is 11.5 Å². The summed E-state index contributed by atoms with van der Waals surface area (Å²) in [5.41, 5.74) is 2.14. The fourth-order valence-corrected chi connectivity index (χ4v) is 3.09. The van der Waals surface area contributed by atoms with E-state index < -0.39 is 10.0 Å². The molecule has 0 unspecified atom stereocenters. The smallest absolute Gasteiger partial charge is 0.236 e. The van der Waals surface area contributed by atoms with Gasteiger partial charge in [-0.15, -0.1) is 0 Å². The van der Waals surface area contributed by atoms with Gasteiger partial charge in [-0.3, -0.25) is 0 Å². The molecule has 2 rings (SSSR count). The number of allylic oxidation sites excluding steroid dienone is 1. The Balaban J connectivity index is 2.28. The highest BCUT2D eigenvalue weighted by atomic mass is 32.2. The molecule has 0 heterocycles. The van der Waals surface area contributed by atoms with Crippen LogP contribution in [-0.4, -0.2) is 26.7 Å². The van der Waals surface area contributed by atoms with Gasteiger partial charge in [0.1, 0.15) is 0 Å². The minimum absolute atomic E-state index is 0.0569. The van der Waals surface area contributed by atoms with Crippen LogP contribution in [0.5, 0.6) is 0 Å². The summed E-state index contributed by atoms with van der Waals surface area (Å²) in [6.45, 7) is -0.135. The molecule has 2 N–H and O–H groups in total. The van der Waals surface area contributed by atoms with Gasteiger partial charge in [-0.2, -0.15) is 0 Å². The highest BCUT2D eigenvalue weighted by Gasteiger charge is 2.20. The van der Waals surface area contributed by atoms with E-state index >= 15 is 0 Å². The third-order valence-electron chi connectivity index (χ3n) is 2.76. The van der Waals surface area contributed by atoms with E-state index in [0.29, 0.717) is 11.3 Å². The van der Waals surface area contributed by atoms with Crippen molar-refractivity contribution in [3.63, 3.8) is 0 Å². The lowest BCUT2D eigenvalue weighted by atomic mass is 9.98. The van der Waals surface area contributed by atoms with Crippen LogP contribution in [0.25, 0.3) is 6.08 Å². The third-order valence-corrected chi connectivity index (χ3v) is 4.36. The maximum atomic E-state index is 11.9. The van der Waals surface area contributed by atoms with Crippen molar-refractivity contribution < 1.29 is 13.5 Å². The molecular weight excluding hydrogens is 238 g/mol. The summed E-state index contributed by atoms with van der Waals surface area (Å²) in [5, 5.41) is 8.64. The summed E-state index contributed by atoms with van der Waals surface area (Å²) in [5.74, 6) is 0. The SMILES string of the molecule is O=S(=O)(NCCO)C1=Cc2ccccc2CC1. The average molecular weight is 253 g/mol. The van der Waals surface area contributed by atoms with Gasteiger partial charge in [-0.25, -0.2) is 13.1 Å². The van der Waals surface area contributed by atoms with E-state index in [1.807, 2.05) is 24.3 Å². The molecule has 0 spiro atoms. The average Bonchev–Trinajstić information content (AvgIpc) is 2.36. The van der Waals surface area contributed by atoms with E-state index in [2.05, 4.69) is 4.72 Å². The van der Waals surface area contributed by atoms with Gasteiger partial charge in [0.2, 0.25) is 10.0 Å². The molecule has 0 aliphatic heterocycles. The molecule has 1 aliphatic carbocycles. The van der Waals surface area contributed by atoms with Crippen molar-refractivity contribution >= 4 is 16.1 Å². The Bertz CT molecular complexity index is 534. The largest absolute Gasteiger partial charge is 0.395 e. The van der Waals surface area contributed by atoms with Crippen molar-refractivity contribution in [3.8, 4) is 0 Å². The number of nitrogens with one attached hydrogen (secondary N) is 1. The Hall–Kier alpha value is -1.17. The van der Waals surface area contributed by atoms with Crippen molar-refractivity contribution in [2.24, 2.45) is 0 Å². The predicted octanol–water partition coefficient (Wildman–Crippen LogP) is 0.885. The molecule has 0 saturated carbocycles. The maximum Gasteiger partial charge on any atom is 0.236 e. The number of aliphatic hydroxyl groups is 1. The summed E-state index contributed by atoms with van der Waals surface area (Å²) in [6, 6.07) is 7.77. The molecule has 5 heteroatoms. The number of hydrogen-bond donors (Lipinski definition) is 2. The number of sulfonamides is 1. The lowest BCUT2D eigenvalue weighted by Crippen LogP contribution is -2.28. The van der Waals surface area contributed by atoms with E-state index in [4.69, 9.17) is 5.11 Å². The molecule has 0 fully saturated rings. The number of rotatable bonds is 4. The molecule has 0 amide bonds. The topological polar surface area (TPSA) is 66.4 Å². The molecule has 1 aromatic carbocycles. The lowest BCUT2D eigenvalue weighted by molar-refractivity contribution is 0.301. The van der Waals surface area contributed by atoms with E-state index in [9.17, 15) is 8.42 Å². The van der Waals surface area contributed by atoms with Gasteiger partial charge >= 0.3 is 0 Å². The highest BCUT2D eigenvalue weighted by Crippen LogP contribution is 2.26. The summed E-state index contributed by atoms with van der Waals surface area (Å²) < 4.78 is 26.1. The van der Waals surface area contributed by atoms with Crippen molar-refractivity contribution in [1.82, 2.24) is 4.72 Å². The van der Waals surface area contributed by atoms with Crippen LogP contribution in [0.2, 0.25) is 0 Å². The first-order valence-electron chi connectivity index (χ1n) is 5.52. The molecule has 1 aliphatic rings. The first kappa shape index (κ1) is 12.3.